The Hall–Kier alpha value is -2.81. The number of hydrogen-bond donors (Lipinski definition) is 1. The van der Waals surface area contributed by atoms with Gasteiger partial charge < -0.3 is 14.2 Å². The molecule has 0 aliphatic carbocycles. The highest BCUT2D eigenvalue weighted by molar-refractivity contribution is 7.86. The average molecular weight is 545 g/mol. The van der Waals surface area contributed by atoms with Crippen molar-refractivity contribution >= 4 is 34.0 Å². The van der Waals surface area contributed by atoms with E-state index in [1.807, 2.05) is 45.0 Å². The van der Waals surface area contributed by atoms with Crippen molar-refractivity contribution in [2.75, 3.05) is 19.8 Å². The van der Waals surface area contributed by atoms with Crippen LogP contribution < -0.4 is 30.1 Å². The number of hydrogen-bond acceptors (Lipinski definition) is 5. The monoisotopic (exact) mass is 544 g/mol. The molecular formula is C25H28F3O6PS. The summed E-state index contributed by atoms with van der Waals surface area (Å²) >= 11 is 0. The largest absolute Gasteiger partial charge is 0.522 e. The van der Waals surface area contributed by atoms with Crippen LogP contribution in [0.2, 0.25) is 0 Å². The van der Waals surface area contributed by atoms with Crippen LogP contribution in [0.3, 0.4) is 0 Å². The molecule has 11 heteroatoms. The van der Waals surface area contributed by atoms with E-state index in [0.29, 0.717) is 19.8 Å². The Morgan fingerprint density at radius 2 is 1.11 bits per heavy atom. The van der Waals surface area contributed by atoms with Crippen LogP contribution in [0.1, 0.15) is 20.8 Å². The summed E-state index contributed by atoms with van der Waals surface area (Å²) in [5.74, 6) is 2.43. The lowest BCUT2D eigenvalue weighted by molar-refractivity contribution is -0.0510. The smallest absolute Gasteiger partial charge is 0.494 e. The molecule has 0 atom stereocenters. The molecule has 0 heterocycles. The predicted octanol–water partition coefficient (Wildman–Crippen LogP) is 5.03. The maximum Gasteiger partial charge on any atom is 0.522 e. The molecule has 196 valence electrons. The first-order valence-corrected chi connectivity index (χ1v) is 13.8. The van der Waals surface area contributed by atoms with Crippen LogP contribution >= 0.6 is 7.92 Å². The van der Waals surface area contributed by atoms with Crippen molar-refractivity contribution in [3.05, 3.63) is 72.8 Å². The van der Waals surface area contributed by atoms with E-state index < -0.39 is 23.5 Å². The Kier molecular flexibility index (Phi) is 11.0. The summed E-state index contributed by atoms with van der Waals surface area (Å²) in [6.07, 6.45) is 0. The summed E-state index contributed by atoms with van der Waals surface area (Å²) in [5, 5.41) is 3.61. The molecule has 0 aliphatic rings. The molecule has 3 aromatic carbocycles. The van der Waals surface area contributed by atoms with Gasteiger partial charge in [0.05, 0.1) is 25.1 Å². The van der Waals surface area contributed by atoms with E-state index in [-0.39, 0.29) is 0 Å². The van der Waals surface area contributed by atoms with Crippen LogP contribution in [0.5, 0.6) is 17.2 Å². The third kappa shape index (κ3) is 8.11. The van der Waals surface area contributed by atoms with Gasteiger partial charge in [0.15, 0.2) is 0 Å². The second-order valence-electron chi connectivity index (χ2n) is 6.99. The van der Waals surface area contributed by atoms with Gasteiger partial charge in [0.25, 0.3) is 0 Å². The number of alkyl halides is 3. The highest BCUT2D eigenvalue weighted by atomic mass is 32.2. The molecule has 0 radical (unpaired) electrons. The zero-order valence-electron chi connectivity index (χ0n) is 20.0. The molecule has 0 fully saturated rings. The standard InChI is InChI=1S/C24H27O3P.CHF3O3S/c1-4-25-19-17-22(26-5-2)24(23(18-19)27-6-3)28(20-13-9-7-10-14-20)21-15-11-8-12-16-21;2-1(3,4)8(5,6)7/h7-18H,4-6H2,1-3H3;(H,5,6,7). The number of benzene rings is 3. The van der Waals surface area contributed by atoms with E-state index in [2.05, 4.69) is 48.5 Å². The minimum atomic E-state index is -5.84. The summed E-state index contributed by atoms with van der Waals surface area (Å²) in [6, 6.07) is 25.2. The molecule has 0 bridgehead atoms. The average Bonchev–Trinajstić information content (AvgIpc) is 2.82. The zero-order chi connectivity index (χ0) is 26.8. The Bertz CT molecular complexity index is 1120. The van der Waals surface area contributed by atoms with Crippen molar-refractivity contribution in [1.82, 2.24) is 0 Å². The molecule has 0 aromatic heterocycles. The third-order valence-corrected chi connectivity index (χ3v) is 7.57. The lowest BCUT2D eigenvalue weighted by Crippen LogP contribution is -2.24. The van der Waals surface area contributed by atoms with Crippen LogP contribution in [-0.2, 0) is 10.1 Å². The molecule has 0 aliphatic heterocycles. The maximum atomic E-state index is 10.7. The van der Waals surface area contributed by atoms with E-state index in [0.717, 1.165) is 22.6 Å². The Morgan fingerprint density at radius 3 is 1.42 bits per heavy atom. The number of ether oxygens (including phenoxy) is 3. The van der Waals surface area contributed by atoms with Gasteiger partial charge in [-0.2, -0.15) is 21.6 Å². The second kappa shape index (κ2) is 13.5. The Balaban J connectivity index is 0.000000493. The molecule has 0 amide bonds. The molecule has 3 aromatic rings. The van der Waals surface area contributed by atoms with Crippen molar-refractivity contribution in [1.29, 1.82) is 0 Å². The van der Waals surface area contributed by atoms with E-state index >= 15 is 0 Å². The van der Waals surface area contributed by atoms with Gasteiger partial charge in [0.1, 0.15) is 17.2 Å². The van der Waals surface area contributed by atoms with Crippen LogP contribution in [0, 0.1) is 0 Å². The third-order valence-electron chi connectivity index (χ3n) is 4.47. The van der Waals surface area contributed by atoms with E-state index in [9.17, 15) is 13.2 Å². The van der Waals surface area contributed by atoms with Crippen molar-refractivity contribution in [3.8, 4) is 17.2 Å². The molecule has 0 saturated heterocycles. The summed E-state index contributed by atoms with van der Waals surface area (Å²) in [6.45, 7) is 7.76. The fourth-order valence-electron chi connectivity index (χ4n) is 3.12. The van der Waals surface area contributed by atoms with Crippen molar-refractivity contribution in [2.45, 2.75) is 26.3 Å². The first-order chi connectivity index (χ1) is 17.0. The molecule has 0 saturated carbocycles. The van der Waals surface area contributed by atoms with Crippen LogP contribution in [-0.4, -0.2) is 38.3 Å². The summed E-state index contributed by atoms with van der Waals surface area (Å²) < 4.78 is 75.5. The first kappa shape index (κ1) is 29.4. The van der Waals surface area contributed by atoms with Gasteiger partial charge in [-0.15, -0.1) is 0 Å². The minimum absolute atomic E-state index is 0.584. The molecule has 6 nitrogen and oxygen atoms in total. The highest BCUT2D eigenvalue weighted by Crippen LogP contribution is 2.42. The molecule has 0 unspecified atom stereocenters. The van der Waals surface area contributed by atoms with E-state index in [1.165, 1.54) is 10.6 Å². The van der Waals surface area contributed by atoms with Crippen molar-refractivity contribution < 1.29 is 40.4 Å². The van der Waals surface area contributed by atoms with Gasteiger partial charge in [0, 0.05) is 12.1 Å². The second-order valence-corrected chi connectivity index (χ2v) is 10.6. The van der Waals surface area contributed by atoms with Gasteiger partial charge in [-0.05, 0) is 39.3 Å². The highest BCUT2D eigenvalue weighted by Gasteiger charge is 2.44. The van der Waals surface area contributed by atoms with Crippen LogP contribution in [0.15, 0.2) is 72.8 Å². The van der Waals surface area contributed by atoms with Gasteiger partial charge in [-0.25, -0.2) is 0 Å². The zero-order valence-corrected chi connectivity index (χ0v) is 21.7. The number of halogens is 3. The summed E-state index contributed by atoms with van der Waals surface area (Å²) in [4.78, 5) is 0. The fraction of sp³-hybridized carbons (Fsp3) is 0.280. The normalized spacial score (nSPS) is 11.4. The van der Waals surface area contributed by atoms with Gasteiger partial charge in [-0.1, -0.05) is 60.7 Å². The Morgan fingerprint density at radius 1 is 0.750 bits per heavy atom. The van der Waals surface area contributed by atoms with Crippen molar-refractivity contribution in [3.63, 3.8) is 0 Å². The predicted molar refractivity (Wildman–Crippen MR) is 136 cm³/mol. The Labute approximate surface area is 210 Å². The fourth-order valence-corrected chi connectivity index (χ4v) is 5.58. The van der Waals surface area contributed by atoms with E-state index in [4.69, 9.17) is 27.2 Å². The van der Waals surface area contributed by atoms with Crippen molar-refractivity contribution in [2.24, 2.45) is 0 Å². The van der Waals surface area contributed by atoms with Crippen LogP contribution in [0.25, 0.3) is 0 Å². The lowest BCUT2D eigenvalue weighted by atomic mass is 10.3. The lowest BCUT2D eigenvalue weighted by Gasteiger charge is -2.25. The van der Waals surface area contributed by atoms with Crippen LogP contribution in [0.4, 0.5) is 13.2 Å². The molecule has 0 spiro atoms. The summed E-state index contributed by atoms with van der Waals surface area (Å²) in [5.41, 5.74) is -5.53. The molecular weight excluding hydrogens is 516 g/mol. The first-order valence-electron chi connectivity index (χ1n) is 11.0. The maximum absolute atomic E-state index is 10.7. The molecule has 1 N–H and O–H groups in total. The molecule has 3 rings (SSSR count). The van der Waals surface area contributed by atoms with Gasteiger partial charge >= 0.3 is 15.6 Å². The van der Waals surface area contributed by atoms with Gasteiger partial charge in [0.2, 0.25) is 0 Å². The quantitative estimate of drug-likeness (QED) is 0.231. The SMILES string of the molecule is CCOc1cc(OCC)c(P(c2ccccc2)c2ccccc2)c(OCC)c1.O=S(=O)(O)C(F)(F)F. The van der Waals surface area contributed by atoms with Gasteiger partial charge in [-0.3, -0.25) is 4.55 Å². The summed E-state index contributed by atoms with van der Waals surface area (Å²) in [7, 11) is -6.68. The van der Waals surface area contributed by atoms with E-state index in [1.54, 1.807) is 0 Å². The molecule has 36 heavy (non-hydrogen) atoms. The topological polar surface area (TPSA) is 82.1 Å². The number of rotatable bonds is 9. The minimum Gasteiger partial charge on any atom is -0.494 e.